The zero-order valence-electron chi connectivity index (χ0n) is 16.3. The SMILES string of the molecule is CC(=O)[C@@H](NC(=O)C1CCCN1C(=O)C1CCCN1C(=O)[C@@H](N)CO)[C@@H](C)O. The van der Waals surface area contributed by atoms with Crippen molar-refractivity contribution in [1.29, 1.82) is 0 Å². The number of carbonyl (C=O) groups is 4. The number of amides is 3. The number of nitrogens with zero attached hydrogens (tertiary/aromatic N) is 2. The minimum Gasteiger partial charge on any atom is -0.394 e. The molecule has 2 heterocycles. The van der Waals surface area contributed by atoms with Crippen LogP contribution in [0.5, 0.6) is 0 Å². The molecular weight excluding hydrogens is 368 g/mol. The zero-order chi connectivity index (χ0) is 21.0. The summed E-state index contributed by atoms with van der Waals surface area (Å²) >= 11 is 0. The third-order valence-corrected chi connectivity index (χ3v) is 5.39. The largest absolute Gasteiger partial charge is 0.394 e. The standard InChI is InChI=1S/C18H30N4O6/c1-10(24)15(11(2)25)20-16(26)13-5-3-7-21(13)18(28)14-6-4-8-22(14)17(27)12(19)9-23/h10,12-15,23-24H,3-9,19H2,1-2H3,(H,20,26)/t10-,12+,13?,14?,15+/m1/s1. The number of rotatable bonds is 7. The van der Waals surface area contributed by atoms with Gasteiger partial charge < -0.3 is 31.1 Å². The van der Waals surface area contributed by atoms with Gasteiger partial charge in [0.25, 0.3) is 0 Å². The van der Waals surface area contributed by atoms with E-state index in [9.17, 15) is 24.3 Å². The van der Waals surface area contributed by atoms with Gasteiger partial charge in [0.15, 0.2) is 5.78 Å². The van der Waals surface area contributed by atoms with Gasteiger partial charge in [-0.25, -0.2) is 0 Å². The monoisotopic (exact) mass is 398 g/mol. The Morgan fingerprint density at radius 1 is 1.11 bits per heavy atom. The number of Topliss-reactive ketones (excluding diaryl/α,β-unsaturated/α-hetero) is 1. The molecule has 0 spiro atoms. The van der Waals surface area contributed by atoms with E-state index in [-0.39, 0.29) is 11.7 Å². The number of aliphatic hydroxyl groups is 2. The van der Waals surface area contributed by atoms with E-state index < -0.39 is 48.7 Å². The van der Waals surface area contributed by atoms with Crippen LogP contribution in [0.15, 0.2) is 0 Å². The van der Waals surface area contributed by atoms with Crippen LogP contribution in [0.2, 0.25) is 0 Å². The van der Waals surface area contributed by atoms with Crippen LogP contribution in [-0.2, 0) is 19.2 Å². The second-order valence-corrected chi connectivity index (χ2v) is 7.51. The second-order valence-electron chi connectivity index (χ2n) is 7.51. The van der Waals surface area contributed by atoms with Crippen molar-refractivity contribution in [3.05, 3.63) is 0 Å². The molecule has 10 nitrogen and oxygen atoms in total. The van der Waals surface area contributed by atoms with Crippen molar-refractivity contribution in [2.24, 2.45) is 5.73 Å². The molecule has 0 aliphatic carbocycles. The van der Waals surface area contributed by atoms with Crippen molar-refractivity contribution >= 4 is 23.5 Å². The fourth-order valence-electron chi connectivity index (χ4n) is 3.88. The lowest BCUT2D eigenvalue weighted by atomic mass is 10.1. The van der Waals surface area contributed by atoms with Crippen molar-refractivity contribution in [2.75, 3.05) is 19.7 Å². The third-order valence-electron chi connectivity index (χ3n) is 5.39. The maximum absolute atomic E-state index is 13.1. The summed E-state index contributed by atoms with van der Waals surface area (Å²) in [6.45, 7) is 2.94. The predicted molar refractivity (Wildman–Crippen MR) is 98.8 cm³/mol. The molecule has 2 unspecified atom stereocenters. The Bertz CT molecular complexity index is 625. The molecule has 2 aliphatic rings. The van der Waals surface area contributed by atoms with E-state index in [1.807, 2.05) is 0 Å². The average Bonchev–Trinajstić information content (AvgIpc) is 3.32. The smallest absolute Gasteiger partial charge is 0.246 e. The van der Waals surface area contributed by atoms with Gasteiger partial charge in [0.2, 0.25) is 17.7 Å². The quantitative estimate of drug-likeness (QED) is 0.377. The minimum absolute atomic E-state index is 0.329. The highest BCUT2D eigenvalue weighted by molar-refractivity contribution is 5.95. The lowest BCUT2D eigenvalue weighted by Crippen LogP contribution is -2.57. The van der Waals surface area contributed by atoms with Gasteiger partial charge in [-0.2, -0.15) is 0 Å². The fraction of sp³-hybridized carbons (Fsp3) is 0.778. The molecule has 10 heteroatoms. The molecular formula is C18H30N4O6. The van der Waals surface area contributed by atoms with E-state index >= 15 is 0 Å². The van der Waals surface area contributed by atoms with Gasteiger partial charge in [0, 0.05) is 13.1 Å². The minimum atomic E-state index is -1.08. The van der Waals surface area contributed by atoms with E-state index in [1.54, 1.807) is 0 Å². The van der Waals surface area contributed by atoms with Crippen LogP contribution in [0, 0.1) is 0 Å². The first-order valence-electron chi connectivity index (χ1n) is 9.65. The second kappa shape index (κ2) is 9.44. The fourth-order valence-corrected chi connectivity index (χ4v) is 3.88. The molecule has 5 N–H and O–H groups in total. The highest BCUT2D eigenvalue weighted by Crippen LogP contribution is 2.25. The Labute approximate surface area is 164 Å². The molecule has 0 aromatic carbocycles. The highest BCUT2D eigenvalue weighted by Gasteiger charge is 2.43. The molecule has 0 bridgehead atoms. The van der Waals surface area contributed by atoms with Crippen LogP contribution in [0.25, 0.3) is 0 Å². The topological polar surface area (TPSA) is 153 Å². The Kier molecular flexibility index (Phi) is 7.50. The van der Waals surface area contributed by atoms with Crippen molar-refractivity contribution < 1.29 is 29.4 Å². The third kappa shape index (κ3) is 4.68. The molecule has 28 heavy (non-hydrogen) atoms. The molecule has 3 amide bonds. The van der Waals surface area contributed by atoms with E-state index in [4.69, 9.17) is 10.8 Å². The summed E-state index contributed by atoms with van der Waals surface area (Å²) in [7, 11) is 0. The van der Waals surface area contributed by atoms with Crippen molar-refractivity contribution in [2.45, 2.75) is 69.8 Å². The van der Waals surface area contributed by atoms with Crippen LogP contribution in [0.3, 0.4) is 0 Å². The molecule has 0 radical (unpaired) electrons. The van der Waals surface area contributed by atoms with Crippen molar-refractivity contribution in [1.82, 2.24) is 15.1 Å². The van der Waals surface area contributed by atoms with Gasteiger partial charge in [-0.05, 0) is 39.5 Å². The van der Waals surface area contributed by atoms with Gasteiger partial charge in [0.05, 0.1) is 12.7 Å². The molecule has 158 valence electrons. The first-order chi connectivity index (χ1) is 13.2. The predicted octanol–water partition coefficient (Wildman–Crippen LogP) is -2.26. The summed E-state index contributed by atoms with van der Waals surface area (Å²) in [5.41, 5.74) is 5.61. The maximum Gasteiger partial charge on any atom is 0.246 e. The number of nitrogens with one attached hydrogen (secondary N) is 1. The normalized spacial score (nSPS) is 25.3. The summed E-state index contributed by atoms with van der Waals surface area (Å²) < 4.78 is 0. The van der Waals surface area contributed by atoms with E-state index in [0.717, 1.165) is 0 Å². The number of hydrogen-bond acceptors (Lipinski definition) is 7. The molecule has 0 saturated carbocycles. The number of aliphatic hydroxyl groups excluding tert-OH is 2. The molecule has 2 aliphatic heterocycles. The molecule has 2 fully saturated rings. The van der Waals surface area contributed by atoms with Crippen LogP contribution in [0.1, 0.15) is 39.5 Å². The van der Waals surface area contributed by atoms with Gasteiger partial charge in [0.1, 0.15) is 24.2 Å². The molecule has 2 saturated heterocycles. The Morgan fingerprint density at radius 3 is 2.21 bits per heavy atom. The molecule has 0 aromatic rings. The number of hydrogen-bond donors (Lipinski definition) is 4. The average molecular weight is 398 g/mol. The summed E-state index contributed by atoms with van der Waals surface area (Å²) in [5, 5.41) is 21.4. The van der Waals surface area contributed by atoms with Crippen LogP contribution in [-0.4, -0.2) is 93.5 Å². The van der Waals surface area contributed by atoms with Gasteiger partial charge in [-0.3, -0.25) is 19.2 Å². The number of ketones is 1. The van der Waals surface area contributed by atoms with E-state index in [0.29, 0.717) is 38.8 Å². The van der Waals surface area contributed by atoms with Crippen molar-refractivity contribution in [3.8, 4) is 0 Å². The molecule has 0 aromatic heterocycles. The lowest BCUT2D eigenvalue weighted by Gasteiger charge is -2.32. The highest BCUT2D eigenvalue weighted by atomic mass is 16.3. The summed E-state index contributed by atoms with van der Waals surface area (Å²) in [4.78, 5) is 52.5. The summed E-state index contributed by atoms with van der Waals surface area (Å²) in [5.74, 6) is -1.67. The van der Waals surface area contributed by atoms with Gasteiger partial charge >= 0.3 is 0 Å². The zero-order valence-corrected chi connectivity index (χ0v) is 16.3. The molecule has 5 atom stereocenters. The lowest BCUT2D eigenvalue weighted by molar-refractivity contribution is -0.147. The van der Waals surface area contributed by atoms with E-state index in [2.05, 4.69) is 5.32 Å². The van der Waals surface area contributed by atoms with Gasteiger partial charge in [-0.15, -0.1) is 0 Å². The molecule has 2 rings (SSSR count). The number of nitrogens with two attached hydrogens (primary N) is 1. The first-order valence-corrected chi connectivity index (χ1v) is 9.65. The Morgan fingerprint density at radius 2 is 1.68 bits per heavy atom. The van der Waals surface area contributed by atoms with Gasteiger partial charge in [-0.1, -0.05) is 0 Å². The van der Waals surface area contributed by atoms with Crippen LogP contribution >= 0.6 is 0 Å². The summed E-state index contributed by atoms with van der Waals surface area (Å²) in [6.07, 6.45) is 1.13. The Balaban J connectivity index is 2.10. The summed E-state index contributed by atoms with van der Waals surface area (Å²) in [6, 6.07) is -3.57. The van der Waals surface area contributed by atoms with E-state index in [1.165, 1.54) is 23.6 Å². The number of carbonyl (C=O) groups excluding carboxylic acids is 4. The van der Waals surface area contributed by atoms with Crippen molar-refractivity contribution in [3.63, 3.8) is 0 Å². The maximum atomic E-state index is 13.1. The van der Waals surface area contributed by atoms with Crippen LogP contribution in [0.4, 0.5) is 0 Å². The Hall–Kier alpha value is -2.04. The first kappa shape index (κ1) is 22.3. The van der Waals surface area contributed by atoms with Crippen LogP contribution < -0.4 is 11.1 Å². The number of likely N-dealkylation sites (tertiary alicyclic amines) is 2.